The Hall–Kier alpha value is -3.46. The molecule has 1 N–H and O–H groups in total. The molecule has 2 aromatic carbocycles. The maximum absolute atomic E-state index is 13.1. The molecule has 2 aromatic rings. The minimum absolute atomic E-state index is 0.00612. The zero-order chi connectivity index (χ0) is 24.2. The zero-order valence-corrected chi connectivity index (χ0v) is 19.1. The van der Waals surface area contributed by atoms with Gasteiger partial charge in [0.1, 0.15) is 0 Å². The molecule has 1 unspecified atom stereocenters. The first kappa shape index (κ1) is 23.7. The monoisotopic (exact) mass is 485 g/mol. The Morgan fingerprint density at radius 2 is 1.71 bits per heavy atom. The summed E-state index contributed by atoms with van der Waals surface area (Å²) in [4.78, 5) is 50.4. The molecule has 2 fully saturated rings. The molecule has 1 aliphatic heterocycles. The van der Waals surface area contributed by atoms with Gasteiger partial charge >= 0.3 is 5.97 Å². The van der Waals surface area contributed by atoms with E-state index in [-0.39, 0.29) is 28.2 Å². The summed E-state index contributed by atoms with van der Waals surface area (Å²) in [5.41, 5.74) is 0.439. The molecule has 1 heterocycles. The van der Waals surface area contributed by atoms with Gasteiger partial charge in [-0.05, 0) is 31.7 Å². The summed E-state index contributed by atoms with van der Waals surface area (Å²) in [5.74, 6) is -1.24. The average molecular weight is 486 g/mol. The molecule has 2 amide bonds. The van der Waals surface area contributed by atoms with Crippen LogP contribution in [0.3, 0.4) is 0 Å². The van der Waals surface area contributed by atoms with Crippen LogP contribution in [0.2, 0.25) is 5.02 Å². The van der Waals surface area contributed by atoms with Crippen molar-refractivity contribution in [3.8, 4) is 0 Å². The van der Waals surface area contributed by atoms with Crippen molar-refractivity contribution in [3.05, 3.63) is 69.2 Å². The number of benzene rings is 2. The number of piperidine rings is 1. The molecule has 2 aliphatic rings. The zero-order valence-electron chi connectivity index (χ0n) is 18.3. The second-order valence-electron chi connectivity index (χ2n) is 8.51. The Labute approximate surface area is 201 Å². The van der Waals surface area contributed by atoms with Gasteiger partial charge in [0, 0.05) is 36.7 Å². The van der Waals surface area contributed by atoms with E-state index in [0.717, 1.165) is 18.9 Å². The normalized spacial score (nSPS) is 17.0. The first-order chi connectivity index (χ1) is 16.3. The van der Waals surface area contributed by atoms with Crippen molar-refractivity contribution >= 4 is 40.8 Å². The van der Waals surface area contributed by atoms with Crippen LogP contribution in [-0.2, 0) is 19.1 Å². The Kier molecular flexibility index (Phi) is 7.12. The summed E-state index contributed by atoms with van der Waals surface area (Å²) < 4.78 is 5.66. The number of rotatable bonds is 7. The van der Waals surface area contributed by atoms with Crippen LogP contribution in [0.1, 0.15) is 37.4 Å². The molecular weight excluding hydrogens is 462 g/mol. The number of halogens is 1. The Balaban J connectivity index is 1.44. The van der Waals surface area contributed by atoms with E-state index in [4.69, 9.17) is 16.3 Å². The molecule has 10 heteroatoms. The van der Waals surface area contributed by atoms with Crippen LogP contribution in [0.5, 0.6) is 0 Å². The highest BCUT2D eigenvalue weighted by Gasteiger charge is 2.37. The molecule has 0 aromatic heterocycles. The third-order valence-corrected chi connectivity index (χ3v) is 6.38. The number of nitrogens with one attached hydrogen (secondary N) is 1. The molecule has 0 bridgehead atoms. The van der Waals surface area contributed by atoms with Gasteiger partial charge in [-0.15, -0.1) is 0 Å². The van der Waals surface area contributed by atoms with Crippen molar-refractivity contribution in [3.63, 3.8) is 0 Å². The van der Waals surface area contributed by atoms with Crippen molar-refractivity contribution in [2.45, 2.75) is 31.8 Å². The third kappa shape index (κ3) is 5.53. The highest BCUT2D eigenvalue weighted by atomic mass is 35.5. The lowest BCUT2D eigenvalue weighted by molar-refractivity contribution is -0.384. The molecule has 178 valence electrons. The number of anilines is 1. The molecular formula is C24H24ClN3O6. The summed E-state index contributed by atoms with van der Waals surface area (Å²) in [6.45, 7) is 0.991. The predicted molar refractivity (Wildman–Crippen MR) is 124 cm³/mol. The Bertz CT molecular complexity index is 1100. The molecule has 4 rings (SSSR count). The van der Waals surface area contributed by atoms with E-state index in [2.05, 4.69) is 5.32 Å². The number of likely N-dealkylation sites (tertiary alicyclic amines) is 1. The Morgan fingerprint density at radius 1 is 1.03 bits per heavy atom. The van der Waals surface area contributed by atoms with Crippen LogP contribution in [0, 0.1) is 22.0 Å². The van der Waals surface area contributed by atoms with Gasteiger partial charge in [-0.2, -0.15) is 0 Å². The molecule has 34 heavy (non-hydrogen) atoms. The fraction of sp³-hybridized carbons (Fsp3) is 0.375. The average Bonchev–Trinajstić information content (AvgIpc) is 3.69. The second kappa shape index (κ2) is 10.2. The topological polar surface area (TPSA) is 119 Å². The molecule has 0 spiro atoms. The van der Waals surface area contributed by atoms with Crippen LogP contribution >= 0.6 is 11.6 Å². The van der Waals surface area contributed by atoms with Crippen LogP contribution in [0.15, 0.2) is 48.5 Å². The van der Waals surface area contributed by atoms with Gasteiger partial charge in [0.15, 0.2) is 0 Å². The number of nitrogens with zero attached hydrogens (tertiary/aromatic N) is 2. The number of carbonyl (C=O) groups excluding carboxylic acids is 3. The van der Waals surface area contributed by atoms with Crippen molar-refractivity contribution in [1.29, 1.82) is 0 Å². The van der Waals surface area contributed by atoms with E-state index in [1.807, 2.05) is 0 Å². The molecule has 1 saturated carbocycles. The minimum atomic E-state index is -1.23. The van der Waals surface area contributed by atoms with Crippen LogP contribution in [0.4, 0.5) is 11.4 Å². The second-order valence-corrected chi connectivity index (χ2v) is 8.92. The standard InChI is InChI=1S/C24H24ClN3O6/c25-19-14-18(28(32)33)8-9-20(19)26-22(29)21(15-4-2-1-3-5-15)34-24(31)17-10-12-27(13-11-17)23(30)16-6-7-16/h1-5,8-9,14,16-17,21H,6-7,10-13H2,(H,26,29). The van der Waals surface area contributed by atoms with Crippen molar-refractivity contribution in [2.75, 3.05) is 18.4 Å². The number of nitro groups is 1. The Morgan fingerprint density at radius 3 is 2.29 bits per heavy atom. The lowest BCUT2D eigenvalue weighted by atomic mass is 9.96. The number of hydrogen-bond acceptors (Lipinski definition) is 6. The smallest absolute Gasteiger partial charge is 0.310 e. The molecule has 0 radical (unpaired) electrons. The summed E-state index contributed by atoms with van der Waals surface area (Å²) in [6.07, 6.45) is 1.61. The summed E-state index contributed by atoms with van der Waals surface area (Å²) in [5, 5.41) is 13.5. The lowest BCUT2D eigenvalue weighted by Gasteiger charge is -2.31. The third-order valence-electron chi connectivity index (χ3n) is 6.06. The van der Waals surface area contributed by atoms with Gasteiger partial charge in [0.25, 0.3) is 11.6 Å². The van der Waals surface area contributed by atoms with Crippen molar-refractivity contribution in [2.24, 2.45) is 11.8 Å². The highest BCUT2D eigenvalue weighted by Crippen LogP contribution is 2.33. The number of amides is 2. The van der Waals surface area contributed by atoms with E-state index in [9.17, 15) is 24.5 Å². The molecule has 1 atom stereocenters. The largest absolute Gasteiger partial charge is 0.447 e. The van der Waals surface area contributed by atoms with E-state index in [1.54, 1.807) is 35.2 Å². The van der Waals surface area contributed by atoms with Crippen molar-refractivity contribution < 1.29 is 24.0 Å². The number of nitro benzene ring substituents is 1. The first-order valence-electron chi connectivity index (χ1n) is 11.1. The highest BCUT2D eigenvalue weighted by molar-refractivity contribution is 6.34. The number of ether oxygens (including phenoxy) is 1. The van der Waals surface area contributed by atoms with Gasteiger partial charge in [-0.1, -0.05) is 41.9 Å². The molecule has 1 saturated heterocycles. The maximum atomic E-state index is 13.1. The van der Waals surface area contributed by atoms with E-state index in [1.165, 1.54) is 12.1 Å². The van der Waals surface area contributed by atoms with Gasteiger partial charge in [-0.25, -0.2) is 0 Å². The quantitative estimate of drug-likeness (QED) is 0.358. The van der Waals surface area contributed by atoms with Crippen LogP contribution in [-0.4, -0.2) is 40.7 Å². The van der Waals surface area contributed by atoms with Crippen LogP contribution < -0.4 is 5.32 Å². The minimum Gasteiger partial charge on any atom is -0.447 e. The number of non-ortho nitro benzene ring substituents is 1. The first-order valence-corrected chi connectivity index (χ1v) is 11.5. The molecule has 9 nitrogen and oxygen atoms in total. The summed E-state index contributed by atoms with van der Waals surface area (Å²) in [6, 6.07) is 12.3. The summed E-state index contributed by atoms with van der Waals surface area (Å²) in [7, 11) is 0. The van der Waals surface area contributed by atoms with Gasteiger partial charge in [0.05, 0.1) is 21.6 Å². The SMILES string of the molecule is O=C(OC(C(=O)Nc1ccc([N+](=O)[O-])cc1Cl)c1ccccc1)C1CCN(C(=O)C2CC2)CC1. The van der Waals surface area contributed by atoms with Gasteiger partial charge < -0.3 is 15.0 Å². The fourth-order valence-electron chi connectivity index (χ4n) is 3.95. The number of hydrogen-bond donors (Lipinski definition) is 1. The maximum Gasteiger partial charge on any atom is 0.310 e. The van der Waals surface area contributed by atoms with Gasteiger partial charge in [0.2, 0.25) is 12.0 Å². The van der Waals surface area contributed by atoms with Crippen LogP contribution in [0.25, 0.3) is 0 Å². The predicted octanol–water partition coefficient (Wildman–Crippen LogP) is 4.12. The van der Waals surface area contributed by atoms with Gasteiger partial charge in [-0.3, -0.25) is 24.5 Å². The van der Waals surface area contributed by atoms with E-state index in [0.29, 0.717) is 31.5 Å². The lowest BCUT2D eigenvalue weighted by Crippen LogP contribution is -2.41. The number of esters is 1. The van der Waals surface area contributed by atoms with E-state index < -0.39 is 28.8 Å². The van der Waals surface area contributed by atoms with E-state index >= 15 is 0 Å². The fourth-order valence-corrected chi connectivity index (χ4v) is 4.18. The van der Waals surface area contributed by atoms with Crippen molar-refractivity contribution in [1.82, 2.24) is 4.90 Å². The summed E-state index contributed by atoms with van der Waals surface area (Å²) >= 11 is 6.10. The number of carbonyl (C=O) groups is 3. The molecule has 1 aliphatic carbocycles.